The topological polar surface area (TPSA) is 55.6 Å². The Hall–Kier alpha value is -0.770. The highest BCUT2D eigenvalue weighted by atomic mass is 16.6. The molecule has 1 amide bonds. The second-order valence-electron chi connectivity index (χ2n) is 4.14. The van der Waals surface area contributed by atoms with Crippen molar-refractivity contribution in [3.05, 3.63) is 0 Å². The average Bonchev–Trinajstić information content (AvgIpc) is 1.78. The van der Waals surface area contributed by atoms with Crippen molar-refractivity contribution in [3.8, 4) is 0 Å². The first-order valence-corrected chi connectivity index (χ1v) is 4.24. The van der Waals surface area contributed by atoms with Gasteiger partial charge in [0.25, 0.3) is 0 Å². The van der Waals surface area contributed by atoms with Crippen molar-refractivity contribution in [1.29, 1.82) is 0 Å². The molecule has 1 aliphatic carbocycles. The average molecular weight is 170 g/mol. The first-order valence-electron chi connectivity index (χ1n) is 4.24. The van der Waals surface area contributed by atoms with Crippen LogP contribution in [0.4, 0.5) is 4.79 Å². The van der Waals surface area contributed by atoms with Crippen LogP contribution in [0.25, 0.3) is 0 Å². The third-order valence-electron chi connectivity index (χ3n) is 2.81. The number of ether oxygens (including phenoxy) is 1. The van der Waals surface area contributed by atoms with Crippen LogP contribution in [-0.4, -0.2) is 37.2 Å². The number of hydrogen-bond donors (Lipinski definition) is 1. The molecule has 2 rings (SSSR count). The largest absolute Gasteiger partial charge is 0.446 e. The van der Waals surface area contributed by atoms with E-state index in [9.17, 15) is 4.79 Å². The van der Waals surface area contributed by atoms with Crippen molar-refractivity contribution in [1.82, 2.24) is 4.90 Å². The summed E-state index contributed by atoms with van der Waals surface area (Å²) >= 11 is 0. The van der Waals surface area contributed by atoms with E-state index in [1.807, 2.05) is 0 Å². The molecule has 68 valence electrons. The minimum atomic E-state index is -0.637. The van der Waals surface area contributed by atoms with Gasteiger partial charge in [-0.1, -0.05) is 0 Å². The molecule has 0 aromatic carbocycles. The van der Waals surface area contributed by atoms with E-state index in [1.165, 1.54) is 0 Å². The van der Waals surface area contributed by atoms with E-state index in [2.05, 4.69) is 11.9 Å². The molecule has 12 heavy (non-hydrogen) atoms. The SMILES string of the molecule is CN1CC2(CC(OC(N)=O)C2)C1. The molecule has 4 heteroatoms. The molecule has 1 heterocycles. The molecular formula is C8H14N2O2. The quantitative estimate of drug-likeness (QED) is 0.610. The van der Waals surface area contributed by atoms with Gasteiger partial charge in [0.2, 0.25) is 0 Å². The molecule has 0 radical (unpaired) electrons. The highest BCUT2D eigenvalue weighted by molar-refractivity contribution is 5.64. The highest BCUT2D eigenvalue weighted by Gasteiger charge is 2.52. The zero-order chi connectivity index (χ0) is 8.77. The maximum absolute atomic E-state index is 10.4. The Morgan fingerprint density at radius 1 is 1.58 bits per heavy atom. The van der Waals surface area contributed by atoms with Crippen molar-refractivity contribution in [2.75, 3.05) is 20.1 Å². The molecule has 1 saturated heterocycles. The van der Waals surface area contributed by atoms with Crippen LogP contribution in [-0.2, 0) is 4.74 Å². The zero-order valence-corrected chi connectivity index (χ0v) is 7.25. The summed E-state index contributed by atoms with van der Waals surface area (Å²) in [4.78, 5) is 12.7. The van der Waals surface area contributed by atoms with Gasteiger partial charge < -0.3 is 15.4 Å². The van der Waals surface area contributed by atoms with E-state index in [1.54, 1.807) is 0 Å². The Morgan fingerprint density at radius 2 is 2.17 bits per heavy atom. The summed E-state index contributed by atoms with van der Waals surface area (Å²) in [6, 6.07) is 0. The molecule has 2 N–H and O–H groups in total. The van der Waals surface area contributed by atoms with Crippen LogP contribution < -0.4 is 5.73 Å². The molecule has 1 spiro atoms. The van der Waals surface area contributed by atoms with E-state index in [-0.39, 0.29) is 6.10 Å². The number of likely N-dealkylation sites (tertiary alicyclic amines) is 1. The monoisotopic (exact) mass is 170 g/mol. The normalized spacial score (nSPS) is 27.8. The molecule has 0 unspecified atom stereocenters. The van der Waals surface area contributed by atoms with Gasteiger partial charge in [-0.05, 0) is 19.9 Å². The van der Waals surface area contributed by atoms with Crippen molar-refractivity contribution in [2.45, 2.75) is 18.9 Å². The molecule has 2 fully saturated rings. The third kappa shape index (κ3) is 1.16. The Labute approximate surface area is 71.7 Å². The second kappa shape index (κ2) is 2.36. The van der Waals surface area contributed by atoms with Crippen LogP contribution in [0.3, 0.4) is 0 Å². The van der Waals surface area contributed by atoms with E-state index >= 15 is 0 Å². The number of amides is 1. The van der Waals surface area contributed by atoms with Gasteiger partial charge in [0, 0.05) is 18.5 Å². The van der Waals surface area contributed by atoms with Gasteiger partial charge >= 0.3 is 6.09 Å². The lowest BCUT2D eigenvalue weighted by Crippen LogP contribution is -2.62. The standard InChI is InChI=1S/C8H14N2O2/c1-10-4-8(5-10)2-6(3-8)12-7(9)11/h6H,2-5H2,1H3,(H2,9,11). The van der Waals surface area contributed by atoms with Gasteiger partial charge in [-0.15, -0.1) is 0 Å². The number of rotatable bonds is 1. The minimum Gasteiger partial charge on any atom is -0.446 e. The predicted octanol–water partition coefficient (Wildman–Crippen LogP) is 0.176. The van der Waals surface area contributed by atoms with Crippen LogP contribution in [0.5, 0.6) is 0 Å². The lowest BCUT2D eigenvalue weighted by Gasteiger charge is -2.57. The summed E-state index contributed by atoms with van der Waals surface area (Å²) in [5.74, 6) is 0. The zero-order valence-electron chi connectivity index (χ0n) is 7.25. The molecule has 0 aromatic rings. The highest BCUT2D eigenvalue weighted by Crippen LogP contribution is 2.48. The lowest BCUT2D eigenvalue weighted by atomic mass is 9.62. The summed E-state index contributed by atoms with van der Waals surface area (Å²) in [5, 5.41) is 0. The fourth-order valence-electron chi connectivity index (χ4n) is 2.51. The van der Waals surface area contributed by atoms with Crippen LogP contribution >= 0.6 is 0 Å². The number of hydrogen-bond acceptors (Lipinski definition) is 3. The van der Waals surface area contributed by atoms with E-state index < -0.39 is 6.09 Å². The van der Waals surface area contributed by atoms with Crippen LogP contribution in [0.1, 0.15) is 12.8 Å². The molecule has 2 aliphatic rings. The van der Waals surface area contributed by atoms with Crippen LogP contribution in [0.15, 0.2) is 0 Å². The minimum absolute atomic E-state index is 0.0937. The van der Waals surface area contributed by atoms with Gasteiger partial charge in [0.05, 0.1) is 0 Å². The van der Waals surface area contributed by atoms with Crippen molar-refractivity contribution >= 4 is 6.09 Å². The Balaban J connectivity index is 1.74. The number of nitrogens with two attached hydrogens (primary N) is 1. The maximum Gasteiger partial charge on any atom is 0.404 e. The summed E-state index contributed by atoms with van der Waals surface area (Å²) in [7, 11) is 2.10. The first-order chi connectivity index (χ1) is 5.60. The van der Waals surface area contributed by atoms with Crippen molar-refractivity contribution in [2.24, 2.45) is 11.1 Å². The van der Waals surface area contributed by atoms with E-state index in [4.69, 9.17) is 10.5 Å². The van der Waals surface area contributed by atoms with Gasteiger partial charge in [0.15, 0.2) is 0 Å². The third-order valence-corrected chi connectivity index (χ3v) is 2.81. The summed E-state index contributed by atoms with van der Waals surface area (Å²) < 4.78 is 4.87. The molecule has 0 atom stereocenters. The van der Waals surface area contributed by atoms with Gasteiger partial charge in [-0.25, -0.2) is 4.79 Å². The number of carbonyl (C=O) groups is 1. The molecule has 0 aromatic heterocycles. The van der Waals surface area contributed by atoms with E-state index in [0.717, 1.165) is 25.9 Å². The van der Waals surface area contributed by atoms with Crippen LogP contribution in [0, 0.1) is 5.41 Å². The second-order valence-corrected chi connectivity index (χ2v) is 4.14. The molecular weight excluding hydrogens is 156 g/mol. The Morgan fingerprint density at radius 3 is 2.58 bits per heavy atom. The van der Waals surface area contributed by atoms with Crippen molar-refractivity contribution in [3.63, 3.8) is 0 Å². The van der Waals surface area contributed by atoms with Gasteiger partial charge in [0.1, 0.15) is 6.10 Å². The van der Waals surface area contributed by atoms with E-state index in [0.29, 0.717) is 5.41 Å². The maximum atomic E-state index is 10.4. The molecule has 0 bridgehead atoms. The predicted molar refractivity (Wildman–Crippen MR) is 43.6 cm³/mol. The molecule has 1 aliphatic heterocycles. The number of primary amides is 1. The fourth-order valence-corrected chi connectivity index (χ4v) is 2.51. The number of nitrogens with zero attached hydrogens (tertiary/aromatic N) is 1. The van der Waals surface area contributed by atoms with Crippen molar-refractivity contribution < 1.29 is 9.53 Å². The Bertz CT molecular complexity index is 203. The number of carbonyl (C=O) groups excluding carboxylic acids is 1. The summed E-state index contributed by atoms with van der Waals surface area (Å²) in [5.41, 5.74) is 5.37. The molecule has 4 nitrogen and oxygen atoms in total. The summed E-state index contributed by atoms with van der Waals surface area (Å²) in [6.07, 6.45) is 1.46. The van der Waals surface area contributed by atoms with Gasteiger partial charge in [-0.2, -0.15) is 0 Å². The van der Waals surface area contributed by atoms with Crippen LogP contribution in [0.2, 0.25) is 0 Å². The lowest BCUT2D eigenvalue weighted by molar-refractivity contribution is -0.119. The molecule has 1 saturated carbocycles. The summed E-state index contributed by atoms with van der Waals surface area (Å²) in [6.45, 7) is 2.29. The fraction of sp³-hybridized carbons (Fsp3) is 0.875. The first kappa shape index (κ1) is 7.86. The van der Waals surface area contributed by atoms with Gasteiger partial charge in [-0.3, -0.25) is 0 Å². The Kier molecular flexibility index (Phi) is 1.54. The smallest absolute Gasteiger partial charge is 0.404 e.